The first-order valence-corrected chi connectivity index (χ1v) is 8.58. The zero-order valence-corrected chi connectivity index (χ0v) is 14.7. The van der Waals surface area contributed by atoms with Gasteiger partial charge in [-0.25, -0.2) is 4.79 Å². The third-order valence-corrected chi connectivity index (χ3v) is 3.94. The molecule has 1 amide bonds. The average molecular weight is 332 g/mol. The van der Waals surface area contributed by atoms with Gasteiger partial charge in [0, 0.05) is 24.5 Å². The minimum Gasteiger partial charge on any atom is -0.444 e. The van der Waals surface area contributed by atoms with Crippen molar-refractivity contribution in [2.75, 3.05) is 0 Å². The van der Waals surface area contributed by atoms with Gasteiger partial charge in [0.1, 0.15) is 5.60 Å². The Kier molecular flexibility index (Phi) is 6.19. The molecule has 0 bridgehead atoms. The van der Waals surface area contributed by atoms with Gasteiger partial charge < -0.3 is 15.4 Å². The van der Waals surface area contributed by atoms with E-state index >= 15 is 0 Å². The maximum atomic E-state index is 11.6. The summed E-state index contributed by atoms with van der Waals surface area (Å²) in [6, 6.07) is 12.4. The summed E-state index contributed by atoms with van der Waals surface area (Å²) in [5.74, 6) is 0. The predicted octanol–water partition coefficient (Wildman–Crippen LogP) is 4.06. The van der Waals surface area contributed by atoms with Crippen LogP contribution >= 0.6 is 11.3 Å². The first kappa shape index (κ1) is 17.5. The molecule has 1 aromatic heterocycles. The first-order valence-electron chi connectivity index (χ1n) is 7.70. The molecule has 0 saturated heterocycles. The fourth-order valence-electron chi connectivity index (χ4n) is 2.01. The topological polar surface area (TPSA) is 50.4 Å². The van der Waals surface area contributed by atoms with E-state index in [4.69, 9.17) is 4.74 Å². The molecule has 0 atom stereocenters. The summed E-state index contributed by atoms with van der Waals surface area (Å²) in [5.41, 5.74) is 1.81. The number of thiophene rings is 1. The second kappa shape index (κ2) is 8.13. The van der Waals surface area contributed by atoms with E-state index < -0.39 is 5.60 Å². The number of hydrogen-bond donors (Lipinski definition) is 2. The Hall–Kier alpha value is -1.85. The van der Waals surface area contributed by atoms with E-state index in [2.05, 4.69) is 40.3 Å². The number of carbonyl (C=O) groups excluding carboxylic acids is 1. The molecular formula is C18H24N2O2S. The van der Waals surface area contributed by atoms with E-state index in [9.17, 15) is 4.79 Å². The van der Waals surface area contributed by atoms with E-state index in [-0.39, 0.29) is 6.09 Å². The van der Waals surface area contributed by atoms with Crippen LogP contribution in [0.1, 0.15) is 36.8 Å². The van der Waals surface area contributed by atoms with Crippen LogP contribution in [0.5, 0.6) is 0 Å². The molecule has 0 aliphatic heterocycles. The molecule has 2 aromatic rings. The van der Waals surface area contributed by atoms with Crippen molar-refractivity contribution in [3.05, 3.63) is 57.8 Å². The van der Waals surface area contributed by atoms with Crippen LogP contribution in [0.2, 0.25) is 0 Å². The summed E-state index contributed by atoms with van der Waals surface area (Å²) < 4.78 is 5.21. The van der Waals surface area contributed by atoms with E-state index in [0.29, 0.717) is 6.54 Å². The highest BCUT2D eigenvalue weighted by Crippen LogP contribution is 2.10. The molecule has 0 radical (unpaired) electrons. The summed E-state index contributed by atoms with van der Waals surface area (Å²) in [5, 5.41) is 8.27. The van der Waals surface area contributed by atoms with Crippen LogP contribution in [0.3, 0.4) is 0 Å². The molecule has 124 valence electrons. The number of alkyl carbamates (subject to hydrolysis) is 1. The smallest absolute Gasteiger partial charge is 0.407 e. The Labute approximate surface area is 141 Å². The van der Waals surface area contributed by atoms with E-state index in [1.807, 2.05) is 32.9 Å². The Bertz CT molecular complexity index is 601. The lowest BCUT2D eigenvalue weighted by atomic mass is 10.1. The zero-order chi connectivity index (χ0) is 16.7. The predicted molar refractivity (Wildman–Crippen MR) is 94.4 cm³/mol. The maximum Gasteiger partial charge on any atom is 0.407 e. The summed E-state index contributed by atoms with van der Waals surface area (Å²) in [7, 11) is 0. The standard InChI is InChI=1S/C18H24N2O2S/c1-18(2,3)22-17(21)20-12-15-8-6-14(7-9-15)11-19-13-16-5-4-10-23-16/h4-10,19H,11-13H2,1-3H3,(H,20,21). The number of ether oxygens (including phenoxy) is 1. The van der Waals surface area contributed by atoms with Gasteiger partial charge in [-0.2, -0.15) is 0 Å². The van der Waals surface area contributed by atoms with E-state index in [1.165, 1.54) is 10.4 Å². The largest absolute Gasteiger partial charge is 0.444 e. The molecule has 0 spiro atoms. The average Bonchev–Trinajstić information content (AvgIpc) is 2.98. The first-order chi connectivity index (χ1) is 10.9. The van der Waals surface area contributed by atoms with Crippen molar-refractivity contribution >= 4 is 17.4 Å². The van der Waals surface area contributed by atoms with Crippen LogP contribution in [-0.4, -0.2) is 11.7 Å². The summed E-state index contributed by atoms with van der Waals surface area (Å²) in [4.78, 5) is 12.9. The highest BCUT2D eigenvalue weighted by atomic mass is 32.1. The van der Waals surface area contributed by atoms with Gasteiger partial charge in [-0.3, -0.25) is 0 Å². The highest BCUT2D eigenvalue weighted by molar-refractivity contribution is 7.09. The van der Waals surface area contributed by atoms with Gasteiger partial charge in [-0.1, -0.05) is 30.3 Å². The fraction of sp³-hybridized carbons (Fsp3) is 0.389. The number of rotatable bonds is 6. The molecule has 0 saturated carbocycles. The highest BCUT2D eigenvalue weighted by Gasteiger charge is 2.15. The number of carbonyl (C=O) groups is 1. The lowest BCUT2D eigenvalue weighted by molar-refractivity contribution is 0.0523. The third-order valence-electron chi connectivity index (χ3n) is 3.07. The Morgan fingerprint density at radius 2 is 1.70 bits per heavy atom. The Morgan fingerprint density at radius 3 is 2.26 bits per heavy atom. The zero-order valence-electron chi connectivity index (χ0n) is 13.9. The van der Waals surface area contributed by atoms with Crippen molar-refractivity contribution in [2.45, 2.75) is 46.0 Å². The molecule has 1 aromatic carbocycles. The summed E-state index contributed by atoms with van der Waals surface area (Å²) in [6.07, 6.45) is -0.390. The van der Waals surface area contributed by atoms with Crippen LogP contribution in [0.4, 0.5) is 4.79 Å². The molecule has 1 heterocycles. The minimum atomic E-state index is -0.470. The molecule has 5 heteroatoms. The van der Waals surface area contributed by atoms with Crippen LogP contribution in [0.25, 0.3) is 0 Å². The van der Waals surface area contributed by atoms with E-state index in [0.717, 1.165) is 18.7 Å². The summed E-state index contributed by atoms with van der Waals surface area (Å²) in [6.45, 7) is 7.74. The van der Waals surface area contributed by atoms with Gasteiger partial charge in [0.25, 0.3) is 0 Å². The van der Waals surface area contributed by atoms with Gasteiger partial charge >= 0.3 is 6.09 Å². The quantitative estimate of drug-likeness (QED) is 0.838. The molecule has 23 heavy (non-hydrogen) atoms. The monoisotopic (exact) mass is 332 g/mol. The lowest BCUT2D eigenvalue weighted by Gasteiger charge is -2.19. The molecule has 0 aliphatic carbocycles. The molecule has 0 unspecified atom stereocenters. The van der Waals surface area contributed by atoms with Crippen LogP contribution in [0, 0.1) is 0 Å². The fourth-order valence-corrected chi connectivity index (χ4v) is 2.68. The van der Waals surface area contributed by atoms with Crippen molar-refractivity contribution in [3.8, 4) is 0 Å². The van der Waals surface area contributed by atoms with Crippen molar-refractivity contribution in [3.63, 3.8) is 0 Å². The van der Waals surface area contributed by atoms with Crippen LogP contribution in [0.15, 0.2) is 41.8 Å². The number of amides is 1. The molecule has 0 aliphatic rings. The Balaban J connectivity index is 1.72. The summed E-state index contributed by atoms with van der Waals surface area (Å²) >= 11 is 1.76. The van der Waals surface area contributed by atoms with Crippen molar-refractivity contribution in [1.82, 2.24) is 10.6 Å². The van der Waals surface area contributed by atoms with Crippen molar-refractivity contribution in [2.24, 2.45) is 0 Å². The van der Waals surface area contributed by atoms with Gasteiger partial charge in [0.15, 0.2) is 0 Å². The van der Waals surface area contributed by atoms with Crippen LogP contribution in [-0.2, 0) is 24.4 Å². The van der Waals surface area contributed by atoms with E-state index in [1.54, 1.807) is 11.3 Å². The van der Waals surface area contributed by atoms with Gasteiger partial charge in [-0.05, 0) is 43.3 Å². The normalized spacial score (nSPS) is 11.3. The van der Waals surface area contributed by atoms with Crippen molar-refractivity contribution in [1.29, 1.82) is 0 Å². The van der Waals surface area contributed by atoms with Gasteiger partial charge in [-0.15, -0.1) is 11.3 Å². The van der Waals surface area contributed by atoms with Crippen molar-refractivity contribution < 1.29 is 9.53 Å². The number of hydrogen-bond acceptors (Lipinski definition) is 4. The third kappa shape index (κ3) is 6.84. The molecule has 0 fully saturated rings. The molecule has 2 N–H and O–H groups in total. The second-order valence-electron chi connectivity index (χ2n) is 6.35. The number of benzene rings is 1. The molecule has 2 rings (SSSR count). The molecular weight excluding hydrogens is 308 g/mol. The Morgan fingerprint density at radius 1 is 1.04 bits per heavy atom. The van der Waals surface area contributed by atoms with Gasteiger partial charge in [0.05, 0.1) is 0 Å². The van der Waals surface area contributed by atoms with Gasteiger partial charge in [0.2, 0.25) is 0 Å². The van der Waals surface area contributed by atoms with Crippen LogP contribution < -0.4 is 10.6 Å². The number of nitrogens with one attached hydrogen (secondary N) is 2. The maximum absolute atomic E-state index is 11.6. The lowest BCUT2D eigenvalue weighted by Crippen LogP contribution is -2.32. The molecule has 4 nitrogen and oxygen atoms in total. The minimum absolute atomic E-state index is 0.390. The SMILES string of the molecule is CC(C)(C)OC(=O)NCc1ccc(CNCc2cccs2)cc1. The second-order valence-corrected chi connectivity index (χ2v) is 7.39.